The van der Waals surface area contributed by atoms with E-state index in [4.69, 9.17) is 8.94 Å². The molecule has 1 aliphatic rings. The number of aryl methyl sites for hydroxylation is 1. The Bertz CT molecular complexity index is 1210. The van der Waals surface area contributed by atoms with Crippen LogP contribution in [-0.4, -0.2) is 60.2 Å². The summed E-state index contributed by atoms with van der Waals surface area (Å²) in [4.78, 5) is 22.4. The van der Waals surface area contributed by atoms with Crippen molar-refractivity contribution in [2.45, 2.75) is 13.3 Å². The van der Waals surface area contributed by atoms with Crippen LogP contribution in [0.25, 0.3) is 22.6 Å². The third kappa shape index (κ3) is 4.61. The molecule has 1 aromatic carbocycles. The van der Waals surface area contributed by atoms with Gasteiger partial charge in [0.15, 0.2) is 5.76 Å². The van der Waals surface area contributed by atoms with Gasteiger partial charge in [-0.2, -0.15) is 0 Å². The van der Waals surface area contributed by atoms with Gasteiger partial charge in [0.05, 0.1) is 22.9 Å². The highest BCUT2D eigenvalue weighted by Gasteiger charge is 2.20. The Hall–Kier alpha value is -3.65. The molecule has 4 aromatic rings. The van der Waals surface area contributed by atoms with Gasteiger partial charge in [0.25, 0.3) is 11.6 Å². The Labute approximate surface area is 192 Å². The van der Waals surface area contributed by atoms with Crippen LogP contribution < -0.4 is 10.2 Å². The van der Waals surface area contributed by atoms with Gasteiger partial charge in [0, 0.05) is 38.4 Å². The number of carbonyl (C=O) groups is 1. The van der Waals surface area contributed by atoms with E-state index >= 15 is 0 Å². The van der Waals surface area contributed by atoms with E-state index in [0.717, 1.165) is 39.1 Å². The molecule has 8 nitrogen and oxygen atoms in total. The van der Waals surface area contributed by atoms with Gasteiger partial charge in [-0.15, -0.1) is 0 Å². The molecule has 4 heterocycles. The van der Waals surface area contributed by atoms with Gasteiger partial charge in [0.2, 0.25) is 0 Å². The summed E-state index contributed by atoms with van der Waals surface area (Å²) >= 11 is 0. The molecule has 1 amide bonds. The SMILES string of the molecule is Cc1noc2nc(-c3ccco3)cc(C(=O)NCCCN3CCN(c4ccccc4)CC3)c12. The van der Waals surface area contributed by atoms with Gasteiger partial charge in [-0.25, -0.2) is 4.98 Å². The molecule has 5 rings (SSSR count). The largest absolute Gasteiger partial charge is 0.463 e. The number of carbonyl (C=O) groups excluding carboxylic acids is 1. The van der Waals surface area contributed by atoms with E-state index in [0.29, 0.717) is 40.4 Å². The Morgan fingerprint density at radius 2 is 1.91 bits per heavy atom. The zero-order valence-corrected chi connectivity index (χ0v) is 18.7. The lowest BCUT2D eigenvalue weighted by Crippen LogP contribution is -2.47. The van der Waals surface area contributed by atoms with Gasteiger partial charge < -0.3 is 19.2 Å². The van der Waals surface area contributed by atoms with E-state index < -0.39 is 0 Å². The lowest BCUT2D eigenvalue weighted by molar-refractivity contribution is 0.0953. The average Bonchev–Trinajstić information content (AvgIpc) is 3.53. The van der Waals surface area contributed by atoms with E-state index in [1.165, 1.54) is 5.69 Å². The minimum absolute atomic E-state index is 0.157. The number of piperazine rings is 1. The van der Waals surface area contributed by atoms with Gasteiger partial charge in [0.1, 0.15) is 5.69 Å². The van der Waals surface area contributed by atoms with Crippen LogP contribution in [0.15, 0.2) is 63.7 Å². The number of nitrogens with one attached hydrogen (secondary N) is 1. The maximum atomic E-state index is 13.0. The molecule has 0 bridgehead atoms. The number of pyridine rings is 1. The van der Waals surface area contributed by atoms with Gasteiger partial charge in [-0.3, -0.25) is 9.69 Å². The summed E-state index contributed by atoms with van der Waals surface area (Å²) in [5.74, 6) is 0.421. The number of fused-ring (bicyclic) bond motifs is 1. The minimum Gasteiger partial charge on any atom is -0.463 e. The third-order valence-corrected chi connectivity index (χ3v) is 6.07. The van der Waals surface area contributed by atoms with Crippen LogP contribution in [0, 0.1) is 6.92 Å². The maximum absolute atomic E-state index is 13.0. The number of amides is 1. The first-order valence-electron chi connectivity index (χ1n) is 11.3. The second-order valence-electron chi connectivity index (χ2n) is 8.25. The molecule has 0 unspecified atom stereocenters. The Morgan fingerprint density at radius 3 is 2.67 bits per heavy atom. The lowest BCUT2D eigenvalue weighted by atomic mass is 10.1. The number of hydrogen-bond acceptors (Lipinski definition) is 7. The molecule has 1 fully saturated rings. The molecule has 33 heavy (non-hydrogen) atoms. The van der Waals surface area contributed by atoms with E-state index in [-0.39, 0.29) is 5.91 Å². The van der Waals surface area contributed by atoms with Crippen molar-refractivity contribution in [2.24, 2.45) is 0 Å². The van der Waals surface area contributed by atoms with E-state index in [9.17, 15) is 4.79 Å². The second kappa shape index (κ2) is 9.46. The summed E-state index contributed by atoms with van der Waals surface area (Å²) < 4.78 is 10.8. The van der Waals surface area contributed by atoms with Crippen molar-refractivity contribution < 1.29 is 13.7 Å². The molecule has 8 heteroatoms. The Balaban J connectivity index is 1.16. The standard InChI is InChI=1S/C25H27N5O3/c1-18-23-20(17-21(22-9-5-16-32-22)27-25(23)33-28-18)24(31)26-10-6-11-29-12-14-30(15-13-29)19-7-3-2-4-8-19/h2-5,7-9,16-17H,6,10-15H2,1H3,(H,26,31). The number of hydrogen-bond donors (Lipinski definition) is 1. The highest BCUT2D eigenvalue weighted by atomic mass is 16.5. The zero-order valence-electron chi connectivity index (χ0n) is 18.7. The number of para-hydroxylation sites is 1. The molecule has 0 aliphatic carbocycles. The monoisotopic (exact) mass is 445 g/mol. The first-order chi connectivity index (χ1) is 16.2. The van der Waals surface area contributed by atoms with E-state index in [1.807, 2.05) is 13.0 Å². The smallest absolute Gasteiger partial charge is 0.259 e. The second-order valence-corrected chi connectivity index (χ2v) is 8.25. The van der Waals surface area contributed by atoms with E-state index in [2.05, 4.69) is 49.5 Å². The number of rotatable bonds is 7. The highest BCUT2D eigenvalue weighted by Crippen LogP contribution is 2.27. The molecular formula is C25H27N5O3. The van der Waals surface area contributed by atoms with Gasteiger partial charge in [-0.05, 0) is 50.2 Å². The van der Waals surface area contributed by atoms with Crippen molar-refractivity contribution in [3.05, 3.63) is 66.1 Å². The summed E-state index contributed by atoms with van der Waals surface area (Å²) in [7, 11) is 0. The average molecular weight is 446 g/mol. The fourth-order valence-electron chi connectivity index (χ4n) is 4.29. The molecule has 0 spiro atoms. The van der Waals surface area contributed by atoms with Crippen molar-refractivity contribution in [1.82, 2.24) is 20.4 Å². The number of furan rings is 1. The lowest BCUT2D eigenvalue weighted by Gasteiger charge is -2.36. The molecular weight excluding hydrogens is 418 g/mol. The van der Waals surface area contributed by atoms with Gasteiger partial charge in [-0.1, -0.05) is 23.4 Å². The van der Waals surface area contributed by atoms with Crippen molar-refractivity contribution in [3.63, 3.8) is 0 Å². The normalized spacial score (nSPS) is 14.6. The number of nitrogens with zero attached hydrogens (tertiary/aromatic N) is 4. The Morgan fingerprint density at radius 1 is 1.09 bits per heavy atom. The quantitative estimate of drug-likeness (QED) is 0.434. The Kier molecular flexibility index (Phi) is 6.08. The summed E-state index contributed by atoms with van der Waals surface area (Å²) in [5.41, 5.74) is 3.31. The number of aromatic nitrogens is 2. The summed E-state index contributed by atoms with van der Waals surface area (Å²) in [6.45, 7) is 7.47. The minimum atomic E-state index is -0.157. The summed E-state index contributed by atoms with van der Waals surface area (Å²) in [5, 5.41) is 7.68. The molecule has 0 saturated carbocycles. The third-order valence-electron chi connectivity index (χ3n) is 6.07. The van der Waals surface area contributed by atoms with Crippen molar-refractivity contribution >= 4 is 22.7 Å². The highest BCUT2D eigenvalue weighted by molar-refractivity contribution is 6.06. The molecule has 1 aliphatic heterocycles. The van der Waals surface area contributed by atoms with Crippen LogP contribution in [-0.2, 0) is 0 Å². The topological polar surface area (TPSA) is 87.6 Å². The van der Waals surface area contributed by atoms with Crippen LogP contribution in [0.4, 0.5) is 5.69 Å². The van der Waals surface area contributed by atoms with Crippen molar-refractivity contribution in [1.29, 1.82) is 0 Å². The van der Waals surface area contributed by atoms with Crippen LogP contribution in [0.3, 0.4) is 0 Å². The van der Waals surface area contributed by atoms with Crippen LogP contribution >= 0.6 is 0 Å². The van der Waals surface area contributed by atoms with Crippen LogP contribution in [0.5, 0.6) is 0 Å². The molecule has 1 saturated heterocycles. The first kappa shape index (κ1) is 21.2. The fourth-order valence-corrected chi connectivity index (χ4v) is 4.29. The number of anilines is 1. The molecule has 0 atom stereocenters. The predicted molar refractivity (Wildman–Crippen MR) is 126 cm³/mol. The maximum Gasteiger partial charge on any atom is 0.259 e. The van der Waals surface area contributed by atoms with Crippen molar-refractivity contribution in [2.75, 3.05) is 44.2 Å². The first-order valence-corrected chi connectivity index (χ1v) is 11.3. The molecule has 1 N–H and O–H groups in total. The summed E-state index contributed by atoms with van der Waals surface area (Å²) in [6.07, 6.45) is 2.46. The number of benzene rings is 1. The summed E-state index contributed by atoms with van der Waals surface area (Å²) in [6, 6.07) is 15.9. The molecule has 3 aromatic heterocycles. The van der Waals surface area contributed by atoms with Crippen molar-refractivity contribution in [3.8, 4) is 11.5 Å². The predicted octanol–water partition coefficient (Wildman–Crippen LogP) is 3.73. The van der Waals surface area contributed by atoms with Gasteiger partial charge >= 0.3 is 0 Å². The zero-order chi connectivity index (χ0) is 22.6. The van der Waals surface area contributed by atoms with Crippen LogP contribution in [0.1, 0.15) is 22.5 Å². The fraction of sp³-hybridized carbons (Fsp3) is 0.320. The molecule has 170 valence electrons. The van der Waals surface area contributed by atoms with Crippen LogP contribution in [0.2, 0.25) is 0 Å². The molecule has 0 radical (unpaired) electrons. The van der Waals surface area contributed by atoms with E-state index in [1.54, 1.807) is 24.5 Å².